The molecule has 1 fully saturated rings. The summed E-state index contributed by atoms with van der Waals surface area (Å²) in [4.78, 5) is 27.4. The van der Waals surface area contributed by atoms with Crippen molar-refractivity contribution in [2.45, 2.75) is 65.1 Å². The van der Waals surface area contributed by atoms with E-state index in [2.05, 4.69) is 20.1 Å². The molecular formula is C25H30N6O3. The van der Waals surface area contributed by atoms with Crippen LogP contribution in [0.25, 0.3) is 22.6 Å². The van der Waals surface area contributed by atoms with E-state index >= 15 is 0 Å². The van der Waals surface area contributed by atoms with E-state index in [9.17, 15) is 9.59 Å². The molecule has 3 N–H and O–H groups in total. The number of rotatable bonds is 4. The highest BCUT2D eigenvalue weighted by molar-refractivity contribution is 6.02. The van der Waals surface area contributed by atoms with Crippen LogP contribution in [0.5, 0.6) is 0 Å². The van der Waals surface area contributed by atoms with Crippen molar-refractivity contribution in [1.29, 1.82) is 0 Å². The number of hydrogen-bond donors (Lipinski definition) is 2. The molecule has 2 aliphatic rings. The van der Waals surface area contributed by atoms with E-state index in [1.54, 1.807) is 11.8 Å². The van der Waals surface area contributed by atoms with Gasteiger partial charge in [-0.05, 0) is 57.2 Å². The molecular weight excluding hydrogens is 432 g/mol. The average molecular weight is 463 g/mol. The molecule has 1 saturated carbocycles. The Balaban J connectivity index is 1.56. The maximum atomic E-state index is 12.9. The fourth-order valence-corrected chi connectivity index (χ4v) is 4.69. The van der Waals surface area contributed by atoms with E-state index in [1.807, 2.05) is 45.0 Å². The third-order valence-electron chi connectivity index (χ3n) is 6.27. The van der Waals surface area contributed by atoms with Gasteiger partial charge in [-0.25, -0.2) is 4.79 Å². The summed E-state index contributed by atoms with van der Waals surface area (Å²) in [5, 5.41) is 11.0. The number of urea groups is 1. The molecule has 9 nitrogen and oxygen atoms in total. The molecule has 5 rings (SSSR count). The zero-order valence-electron chi connectivity index (χ0n) is 20.0. The third kappa shape index (κ3) is 4.06. The standard InChI is InChI=1S/C25H30N6O3/c1-14-28-29-23(34-14)17-9-5-15(6-10-17)19-20(22(26)32)18-13-30(24(33)27-25(2,3)4)11-12-31(18)21(19)16-7-8-16/h5-6,9-10,16H,7-8,11-13H2,1-4H3,(H2,26,32)(H,27,33). The number of aryl methyl sites for hydroxylation is 1. The van der Waals surface area contributed by atoms with Crippen LogP contribution in [0.4, 0.5) is 4.79 Å². The minimum atomic E-state index is -0.472. The van der Waals surface area contributed by atoms with Crippen LogP contribution in [0.2, 0.25) is 0 Å². The molecule has 0 bridgehead atoms. The van der Waals surface area contributed by atoms with Crippen LogP contribution in [0.3, 0.4) is 0 Å². The molecule has 34 heavy (non-hydrogen) atoms. The average Bonchev–Trinajstić information content (AvgIpc) is 3.42. The van der Waals surface area contributed by atoms with Crippen molar-refractivity contribution in [3.8, 4) is 22.6 Å². The van der Waals surface area contributed by atoms with Gasteiger partial charge in [0.05, 0.1) is 17.8 Å². The molecule has 0 unspecified atom stereocenters. The van der Waals surface area contributed by atoms with Gasteiger partial charge < -0.3 is 24.9 Å². The van der Waals surface area contributed by atoms with E-state index in [0.29, 0.717) is 42.9 Å². The fourth-order valence-electron chi connectivity index (χ4n) is 4.69. The number of benzene rings is 1. The molecule has 1 aliphatic heterocycles. The molecule has 1 aromatic carbocycles. The summed E-state index contributed by atoms with van der Waals surface area (Å²) in [6, 6.07) is 7.65. The zero-order chi connectivity index (χ0) is 24.2. The summed E-state index contributed by atoms with van der Waals surface area (Å²) >= 11 is 0. The van der Waals surface area contributed by atoms with Gasteiger partial charge in [0.15, 0.2) is 0 Å². The van der Waals surface area contributed by atoms with Crippen molar-refractivity contribution >= 4 is 11.9 Å². The first-order valence-corrected chi connectivity index (χ1v) is 11.7. The molecule has 3 amide bonds. The summed E-state index contributed by atoms with van der Waals surface area (Å²) in [7, 11) is 0. The summed E-state index contributed by atoms with van der Waals surface area (Å²) in [5.41, 5.74) is 10.7. The van der Waals surface area contributed by atoms with Crippen LogP contribution < -0.4 is 11.1 Å². The van der Waals surface area contributed by atoms with Crippen LogP contribution in [0, 0.1) is 6.92 Å². The van der Waals surface area contributed by atoms with E-state index in [1.165, 1.54) is 0 Å². The van der Waals surface area contributed by atoms with Gasteiger partial charge in [0.2, 0.25) is 11.8 Å². The normalized spacial score (nSPS) is 15.8. The number of nitrogens with zero attached hydrogens (tertiary/aromatic N) is 4. The monoisotopic (exact) mass is 462 g/mol. The molecule has 0 saturated heterocycles. The molecule has 178 valence electrons. The number of amides is 3. The number of aromatic nitrogens is 3. The van der Waals surface area contributed by atoms with Gasteiger partial charge in [0, 0.05) is 42.4 Å². The first-order chi connectivity index (χ1) is 16.1. The van der Waals surface area contributed by atoms with Gasteiger partial charge in [0.25, 0.3) is 5.91 Å². The number of carbonyl (C=O) groups is 2. The number of nitrogens with one attached hydrogen (secondary N) is 1. The van der Waals surface area contributed by atoms with E-state index in [4.69, 9.17) is 10.2 Å². The largest absolute Gasteiger partial charge is 0.421 e. The number of nitrogens with two attached hydrogens (primary N) is 1. The number of primary amides is 1. The lowest BCUT2D eigenvalue weighted by molar-refractivity contribution is 0.0997. The predicted molar refractivity (Wildman–Crippen MR) is 127 cm³/mol. The maximum Gasteiger partial charge on any atom is 0.318 e. The Labute approximate surface area is 198 Å². The highest BCUT2D eigenvalue weighted by Gasteiger charge is 2.38. The van der Waals surface area contributed by atoms with Gasteiger partial charge in [-0.15, -0.1) is 10.2 Å². The molecule has 0 radical (unpaired) electrons. The van der Waals surface area contributed by atoms with Gasteiger partial charge in [-0.2, -0.15) is 0 Å². The summed E-state index contributed by atoms with van der Waals surface area (Å²) in [6.45, 7) is 9.18. The highest BCUT2D eigenvalue weighted by Crippen LogP contribution is 2.48. The summed E-state index contributed by atoms with van der Waals surface area (Å²) in [6.07, 6.45) is 2.17. The predicted octanol–water partition coefficient (Wildman–Crippen LogP) is 3.81. The Hall–Kier alpha value is -3.62. The third-order valence-corrected chi connectivity index (χ3v) is 6.27. The van der Waals surface area contributed by atoms with E-state index in [0.717, 1.165) is 40.9 Å². The molecule has 3 heterocycles. The fraction of sp³-hybridized carbons (Fsp3) is 0.440. The Kier molecular flexibility index (Phi) is 5.22. The van der Waals surface area contributed by atoms with Crippen LogP contribution in [-0.4, -0.2) is 43.7 Å². The van der Waals surface area contributed by atoms with Crippen LogP contribution >= 0.6 is 0 Å². The Morgan fingerprint density at radius 3 is 2.32 bits per heavy atom. The SMILES string of the molecule is Cc1nnc(-c2ccc(-c3c(C(N)=O)c4n(c3C3CC3)CCN(C(=O)NC(C)(C)C)C4)cc2)o1. The van der Waals surface area contributed by atoms with Crippen molar-refractivity contribution in [2.75, 3.05) is 6.54 Å². The lowest BCUT2D eigenvalue weighted by Crippen LogP contribution is -2.50. The second kappa shape index (κ2) is 8.00. The molecule has 1 aliphatic carbocycles. The Bertz CT molecular complexity index is 1260. The van der Waals surface area contributed by atoms with Gasteiger partial charge in [0.1, 0.15) is 0 Å². The molecule has 0 atom stereocenters. The minimum Gasteiger partial charge on any atom is -0.421 e. The van der Waals surface area contributed by atoms with E-state index in [-0.39, 0.29) is 11.6 Å². The lowest BCUT2D eigenvalue weighted by atomic mass is 9.96. The summed E-state index contributed by atoms with van der Waals surface area (Å²) in [5.74, 6) is 0.889. The quantitative estimate of drug-likeness (QED) is 0.611. The molecule has 9 heteroatoms. The van der Waals surface area contributed by atoms with Crippen LogP contribution in [-0.2, 0) is 13.1 Å². The molecule has 2 aromatic heterocycles. The molecule has 0 spiro atoms. The first-order valence-electron chi connectivity index (χ1n) is 11.7. The summed E-state index contributed by atoms with van der Waals surface area (Å²) < 4.78 is 7.77. The Morgan fingerprint density at radius 1 is 1.09 bits per heavy atom. The topological polar surface area (TPSA) is 119 Å². The second-order valence-corrected chi connectivity index (χ2v) is 10.2. The maximum absolute atomic E-state index is 12.9. The smallest absolute Gasteiger partial charge is 0.318 e. The van der Waals surface area contributed by atoms with Crippen molar-refractivity contribution in [2.24, 2.45) is 5.73 Å². The van der Waals surface area contributed by atoms with Crippen molar-refractivity contribution < 1.29 is 14.0 Å². The minimum absolute atomic E-state index is 0.135. The highest BCUT2D eigenvalue weighted by atomic mass is 16.4. The number of fused-ring (bicyclic) bond motifs is 1. The van der Waals surface area contributed by atoms with Gasteiger partial charge in [-0.1, -0.05) is 12.1 Å². The van der Waals surface area contributed by atoms with Crippen LogP contribution in [0.15, 0.2) is 28.7 Å². The Morgan fingerprint density at radius 2 is 1.76 bits per heavy atom. The van der Waals surface area contributed by atoms with Crippen molar-refractivity contribution in [3.63, 3.8) is 0 Å². The number of hydrogen-bond acceptors (Lipinski definition) is 5. The number of carbonyl (C=O) groups excluding carboxylic acids is 2. The van der Waals surface area contributed by atoms with Gasteiger partial charge in [-0.3, -0.25) is 4.79 Å². The van der Waals surface area contributed by atoms with Gasteiger partial charge >= 0.3 is 6.03 Å². The zero-order valence-corrected chi connectivity index (χ0v) is 20.0. The second-order valence-electron chi connectivity index (χ2n) is 10.2. The van der Waals surface area contributed by atoms with Crippen LogP contribution in [0.1, 0.15) is 67.2 Å². The van der Waals surface area contributed by atoms with Crippen molar-refractivity contribution in [1.82, 2.24) is 25.0 Å². The lowest BCUT2D eigenvalue weighted by Gasteiger charge is -2.33. The van der Waals surface area contributed by atoms with Crippen molar-refractivity contribution in [3.05, 3.63) is 47.1 Å². The molecule has 3 aromatic rings. The van der Waals surface area contributed by atoms with E-state index < -0.39 is 5.91 Å². The first kappa shape index (κ1) is 22.2.